The predicted molar refractivity (Wildman–Crippen MR) is 77.4 cm³/mol. The molecule has 3 aromatic rings. The molecule has 0 spiro atoms. The molecular weight excluding hydrogens is 236 g/mol. The summed E-state index contributed by atoms with van der Waals surface area (Å²) in [6.07, 6.45) is 0. The number of para-hydroxylation sites is 1. The van der Waals surface area contributed by atoms with Crippen LogP contribution in [0.5, 0.6) is 11.5 Å². The summed E-state index contributed by atoms with van der Waals surface area (Å²) in [4.78, 5) is 4.54. The molecule has 1 aromatic heterocycles. The van der Waals surface area contributed by atoms with Crippen LogP contribution in [0.25, 0.3) is 10.9 Å². The second kappa shape index (κ2) is 4.61. The van der Waals surface area contributed by atoms with Crippen molar-refractivity contribution in [3.05, 3.63) is 60.3 Å². The van der Waals surface area contributed by atoms with E-state index in [1.54, 1.807) is 0 Å². The number of nitrogens with zero attached hydrogens (tertiary/aromatic N) is 1. The van der Waals surface area contributed by atoms with Crippen LogP contribution >= 0.6 is 0 Å². The minimum Gasteiger partial charge on any atom is -0.455 e. The lowest BCUT2D eigenvalue weighted by atomic mass is 10.2. The van der Waals surface area contributed by atoms with Crippen molar-refractivity contribution >= 4 is 16.6 Å². The Balaban J connectivity index is 2.05. The molecule has 3 heteroatoms. The molecular formula is C16H14N2O. The molecule has 0 fully saturated rings. The van der Waals surface area contributed by atoms with Gasteiger partial charge in [-0.3, -0.25) is 0 Å². The van der Waals surface area contributed by atoms with Crippen LogP contribution in [0.2, 0.25) is 0 Å². The highest BCUT2D eigenvalue weighted by Gasteiger charge is 2.05. The fourth-order valence-corrected chi connectivity index (χ4v) is 1.96. The molecule has 0 atom stereocenters. The van der Waals surface area contributed by atoms with Gasteiger partial charge in [-0.1, -0.05) is 18.2 Å². The lowest BCUT2D eigenvalue weighted by Gasteiger charge is -2.09. The Morgan fingerprint density at radius 2 is 1.74 bits per heavy atom. The van der Waals surface area contributed by atoms with Crippen molar-refractivity contribution in [2.24, 2.45) is 0 Å². The van der Waals surface area contributed by atoms with Crippen molar-refractivity contribution in [2.45, 2.75) is 6.92 Å². The third kappa shape index (κ3) is 2.36. The molecule has 1 heterocycles. The highest BCUT2D eigenvalue weighted by molar-refractivity contribution is 5.84. The normalized spacial score (nSPS) is 10.6. The lowest BCUT2D eigenvalue weighted by molar-refractivity contribution is 0.487. The van der Waals surface area contributed by atoms with E-state index >= 15 is 0 Å². The molecule has 0 aliphatic rings. The van der Waals surface area contributed by atoms with E-state index < -0.39 is 0 Å². The average Bonchev–Trinajstić information content (AvgIpc) is 2.42. The number of hydrogen-bond donors (Lipinski definition) is 1. The minimum absolute atomic E-state index is 0.722. The molecule has 3 nitrogen and oxygen atoms in total. The number of anilines is 1. The number of nitrogens with two attached hydrogens (primary N) is 1. The standard InChI is InChI=1S/C16H14N2O/c1-11-5-6-12-3-2-4-15(16(12)18-11)19-14-9-7-13(17)8-10-14/h2-10H,17H2,1H3. The molecule has 0 bridgehead atoms. The van der Waals surface area contributed by atoms with E-state index in [2.05, 4.69) is 4.98 Å². The second-order valence-electron chi connectivity index (χ2n) is 4.45. The van der Waals surface area contributed by atoms with Crippen molar-refractivity contribution in [2.75, 3.05) is 5.73 Å². The van der Waals surface area contributed by atoms with Crippen LogP contribution in [-0.4, -0.2) is 4.98 Å². The van der Waals surface area contributed by atoms with Crippen molar-refractivity contribution < 1.29 is 4.74 Å². The number of hydrogen-bond acceptors (Lipinski definition) is 3. The highest BCUT2D eigenvalue weighted by Crippen LogP contribution is 2.29. The summed E-state index contributed by atoms with van der Waals surface area (Å²) in [7, 11) is 0. The molecule has 2 N–H and O–H groups in total. The Hall–Kier alpha value is -2.55. The fourth-order valence-electron chi connectivity index (χ4n) is 1.96. The first kappa shape index (κ1) is 11.5. The first-order valence-corrected chi connectivity index (χ1v) is 6.12. The van der Waals surface area contributed by atoms with Crippen LogP contribution in [-0.2, 0) is 0 Å². The summed E-state index contributed by atoms with van der Waals surface area (Å²) >= 11 is 0. The van der Waals surface area contributed by atoms with Crippen LogP contribution in [0.4, 0.5) is 5.69 Å². The maximum absolute atomic E-state index is 5.88. The van der Waals surface area contributed by atoms with Crippen molar-refractivity contribution in [3.63, 3.8) is 0 Å². The van der Waals surface area contributed by atoms with Gasteiger partial charge in [0, 0.05) is 16.8 Å². The number of aryl methyl sites for hydroxylation is 1. The Morgan fingerprint density at radius 1 is 0.947 bits per heavy atom. The largest absolute Gasteiger partial charge is 0.455 e. The Kier molecular flexibility index (Phi) is 2.80. The summed E-state index contributed by atoms with van der Waals surface area (Å²) in [5.74, 6) is 1.51. The van der Waals surface area contributed by atoms with Gasteiger partial charge in [0.2, 0.25) is 0 Å². The van der Waals surface area contributed by atoms with Gasteiger partial charge < -0.3 is 10.5 Å². The zero-order chi connectivity index (χ0) is 13.2. The first-order chi connectivity index (χ1) is 9.22. The van der Waals surface area contributed by atoms with E-state index in [9.17, 15) is 0 Å². The topological polar surface area (TPSA) is 48.1 Å². The van der Waals surface area contributed by atoms with Crippen molar-refractivity contribution in [1.82, 2.24) is 4.98 Å². The van der Waals surface area contributed by atoms with E-state index in [0.29, 0.717) is 0 Å². The summed E-state index contributed by atoms with van der Waals surface area (Å²) in [5, 5.41) is 1.07. The highest BCUT2D eigenvalue weighted by atomic mass is 16.5. The van der Waals surface area contributed by atoms with Gasteiger partial charge >= 0.3 is 0 Å². The summed E-state index contributed by atoms with van der Waals surface area (Å²) < 4.78 is 5.88. The maximum atomic E-state index is 5.88. The van der Waals surface area contributed by atoms with Crippen LogP contribution in [0.15, 0.2) is 54.6 Å². The predicted octanol–water partition coefficient (Wildman–Crippen LogP) is 3.92. The van der Waals surface area contributed by atoms with Gasteiger partial charge in [-0.25, -0.2) is 4.98 Å². The zero-order valence-electron chi connectivity index (χ0n) is 10.6. The molecule has 0 saturated heterocycles. The molecule has 19 heavy (non-hydrogen) atoms. The maximum Gasteiger partial charge on any atom is 0.153 e. The van der Waals surface area contributed by atoms with Gasteiger partial charge in [-0.05, 0) is 43.3 Å². The first-order valence-electron chi connectivity index (χ1n) is 6.12. The van der Waals surface area contributed by atoms with Gasteiger partial charge in [0.1, 0.15) is 11.3 Å². The number of rotatable bonds is 2. The molecule has 0 unspecified atom stereocenters. The van der Waals surface area contributed by atoms with E-state index in [0.717, 1.165) is 33.8 Å². The molecule has 2 aromatic carbocycles. The Bertz CT molecular complexity index is 720. The van der Waals surface area contributed by atoms with Crippen LogP contribution in [0.3, 0.4) is 0 Å². The number of pyridine rings is 1. The smallest absolute Gasteiger partial charge is 0.153 e. The van der Waals surface area contributed by atoms with Crippen LogP contribution in [0, 0.1) is 6.92 Å². The third-order valence-electron chi connectivity index (χ3n) is 2.93. The molecule has 0 amide bonds. The number of benzene rings is 2. The van der Waals surface area contributed by atoms with Gasteiger partial charge in [-0.15, -0.1) is 0 Å². The molecule has 0 aliphatic carbocycles. The summed E-state index contributed by atoms with van der Waals surface area (Å²) in [6, 6.07) is 17.3. The second-order valence-corrected chi connectivity index (χ2v) is 4.45. The monoisotopic (exact) mass is 250 g/mol. The fraction of sp³-hybridized carbons (Fsp3) is 0.0625. The van der Waals surface area contributed by atoms with Gasteiger partial charge in [-0.2, -0.15) is 0 Å². The molecule has 0 radical (unpaired) electrons. The SMILES string of the molecule is Cc1ccc2cccc(Oc3ccc(N)cc3)c2n1. The quantitative estimate of drug-likeness (QED) is 0.701. The average molecular weight is 250 g/mol. The number of nitrogen functional groups attached to an aromatic ring is 1. The summed E-state index contributed by atoms with van der Waals surface area (Å²) in [5.41, 5.74) is 8.23. The van der Waals surface area contributed by atoms with Crippen LogP contribution < -0.4 is 10.5 Å². The molecule has 94 valence electrons. The Morgan fingerprint density at radius 3 is 2.53 bits per heavy atom. The van der Waals surface area contributed by atoms with E-state index in [-0.39, 0.29) is 0 Å². The number of ether oxygens (including phenoxy) is 1. The molecule has 0 aliphatic heterocycles. The summed E-state index contributed by atoms with van der Waals surface area (Å²) in [6.45, 7) is 1.97. The number of fused-ring (bicyclic) bond motifs is 1. The number of aromatic nitrogens is 1. The van der Waals surface area contributed by atoms with Crippen LogP contribution in [0.1, 0.15) is 5.69 Å². The van der Waals surface area contributed by atoms with Crippen molar-refractivity contribution in [1.29, 1.82) is 0 Å². The van der Waals surface area contributed by atoms with Crippen molar-refractivity contribution in [3.8, 4) is 11.5 Å². The third-order valence-corrected chi connectivity index (χ3v) is 2.93. The molecule has 3 rings (SSSR count). The zero-order valence-corrected chi connectivity index (χ0v) is 10.6. The Labute approximate surface area is 111 Å². The molecule has 0 saturated carbocycles. The lowest BCUT2D eigenvalue weighted by Crippen LogP contribution is -1.90. The van der Waals surface area contributed by atoms with E-state index in [4.69, 9.17) is 10.5 Å². The van der Waals surface area contributed by atoms with E-state index in [1.165, 1.54) is 0 Å². The van der Waals surface area contributed by atoms with Gasteiger partial charge in [0.05, 0.1) is 0 Å². The minimum atomic E-state index is 0.722. The van der Waals surface area contributed by atoms with Gasteiger partial charge in [0.25, 0.3) is 0 Å². The van der Waals surface area contributed by atoms with Gasteiger partial charge in [0.15, 0.2) is 5.75 Å². The van der Waals surface area contributed by atoms with E-state index in [1.807, 2.05) is 61.5 Å².